The highest BCUT2D eigenvalue weighted by molar-refractivity contribution is 5.41. The van der Waals surface area contributed by atoms with Crippen molar-refractivity contribution in [1.29, 1.82) is 0 Å². The fraction of sp³-hybridized carbons (Fsp3) is 0.300. The molecule has 64 valence electrons. The van der Waals surface area contributed by atoms with Gasteiger partial charge in [-0.2, -0.15) is 0 Å². The van der Waals surface area contributed by atoms with Crippen LogP contribution in [-0.2, 0) is 0 Å². The summed E-state index contributed by atoms with van der Waals surface area (Å²) in [5.74, 6) is 0.621. The lowest BCUT2D eigenvalue weighted by Gasteiger charge is -1.89. The number of allylic oxidation sites excluding steroid dienone is 1. The maximum absolute atomic E-state index is 10.7. The van der Waals surface area contributed by atoms with Crippen LogP contribution in [0.2, 0.25) is 0 Å². The van der Waals surface area contributed by atoms with E-state index < -0.39 is 0 Å². The van der Waals surface area contributed by atoms with Crippen LogP contribution in [0, 0.1) is 0 Å². The van der Waals surface area contributed by atoms with Crippen molar-refractivity contribution in [3.63, 3.8) is 0 Å². The second kappa shape index (κ2) is 4.54. The first-order valence-electron chi connectivity index (χ1n) is 4.09. The van der Waals surface area contributed by atoms with Gasteiger partial charge in [0.2, 0.25) is 0 Å². The molecule has 1 aromatic rings. The molecule has 0 aliphatic heterocycles. The van der Waals surface area contributed by atoms with E-state index in [0.29, 0.717) is 5.76 Å². The Morgan fingerprint density at radius 2 is 2.33 bits per heavy atom. The van der Waals surface area contributed by atoms with Crippen molar-refractivity contribution < 1.29 is 4.42 Å². The van der Waals surface area contributed by atoms with E-state index in [2.05, 4.69) is 6.92 Å². The molecule has 0 N–H and O–H groups in total. The van der Waals surface area contributed by atoms with Crippen molar-refractivity contribution in [2.75, 3.05) is 0 Å². The molecule has 1 rings (SSSR count). The predicted molar refractivity (Wildman–Crippen MR) is 48.9 cm³/mol. The van der Waals surface area contributed by atoms with Gasteiger partial charge in [-0.05, 0) is 18.6 Å². The van der Waals surface area contributed by atoms with Crippen LogP contribution < -0.4 is 5.63 Å². The minimum atomic E-state index is -0.298. The maximum atomic E-state index is 10.7. The summed E-state index contributed by atoms with van der Waals surface area (Å²) in [6, 6.07) is 4.86. The van der Waals surface area contributed by atoms with Gasteiger partial charge < -0.3 is 4.42 Å². The van der Waals surface area contributed by atoms with E-state index in [1.165, 1.54) is 6.07 Å². The summed E-state index contributed by atoms with van der Waals surface area (Å²) in [6.07, 6.45) is 5.94. The zero-order chi connectivity index (χ0) is 8.81. The Labute approximate surface area is 71.5 Å². The van der Waals surface area contributed by atoms with Crippen LogP contribution in [0.5, 0.6) is 0 Å². The Morgan fingerprint density at radius 3 is 3.00 bits per heavy atom. The minimum Gasteiger partial charge on any atom is -0.423 e. The third-order valence-corrected chi connectivity index (χ3v) is 1.45. The molecule has 2 nitrogen and oxygen atoms in total. The zero-order valence-corrected chi connectivity index (χ0v) is 7.12. The molecule has 2 heteroatoms. The van der Waals surface area contributed by atoms with E-state index in [-0.39, 0.29) is 5.63 Å². The van der Waals surface area contributed by atoms with Crippen molar-refractivity contribution in [3.05, 3.63) is 40.5 Å². The molecular weight excluding hydrogens is 152 g/mol. The normalized spacial score (nSPS) is 10.8. The molecular formula is C10H12O2. The Kier molecular flexibility index (Phi) is 3.33. The van der Waals surface area contributed by atoms with E-state index >= 15 is 0 Å². The quantitative estimate of drug-likeness (QED) is 0.686. The summed E-state index contributed by atoms with van der Waals surface area (Å²) in [5.41, 5.74) is -0.298. The SMILES string of the molecule is CCC/C=C\c1cccc(=O)o1. The summed E-state index contributed by atoms with van der Waals surface area (Å²) in [6.45, 7) is 2.10. The van der Waals surface area contributed by atoms with Crippen molar-refractivity contribution in [1.82, 2.24) is 0 Å². The predicted octanol–water partition coefficient (Wildman–Crippen LogP) is 2.45. The van der Waals surface area contributed by atoms with Crippen LogP contribution in [-0.4, -0.2) is 0 Å². The topological polar surface area (TPSA) is 30.2 Å². The molecule has 12 heavy (non-hydrogen) atoms. The van der Waals surface area contributed by atoms with Crippen molar-refractivity contribution in [2.45, 2.75) is 19.8 Å². The molecule has 0 aromatic carbocycles. The molecule has 0 amide bonds. The first-order valence-corrected chi connectivity index (χ1v) is 4.09. The number of hydrogen-bond acceptors (Lipinski definition) is 2. The summed E-state index contributed by atoms with van der Waals surface area (Å²) in [4.78, 5) is 10.7. The van der Waals surface area contributed by atoms with Crippen LogP contribution in [0.4, 0.5) is 0 Å². The molecule has 0 spiro atoms. The monoisotopic (exact) mass is 164 g/mol. The van der Waals surface area contributed by atoms with Gasteiger partial charge in [0.05, 0.1) is 0 Å². The Bertz CT molecular complexity index is 310. The zero-order valence-electron chi connectivity index (χ0n) is 7.12. The highest BCUT2D eigenvalue weighted by Gasteiger charge is 1.87. The summed E-state index contributed by atoms with van der Waals surface area (Å²) < 4.78 is 4.88. The van der Waals surface area contributed by atoms with Gasteiger partial charge in [-0.3, -0.25) is 0 Å². The van der Waals surface area contributed by atoms with Crippen LogP contribution >= 0.6 is 0 Å². The molecule has 0 atom stereocenters. The smallest absolute Gasteiger partial charge is 0.336 e. The van der Waals surface area contributed by atoms with E-state index in [0.717, 1.165) is 12.8 Å². The van der Waals surface area contributed by atoms with Gasteiger partial charge in [0.15, 0.2) is 0 Å². The fourth-order valence-electron chi connectivity index (χ4n) is 0.861. The van der Waals surface area contributed by atoms with Crippen molar-refractivity contribution in [3.8, 4) is 0 Å². The van der Waals surface area contributed by atoms with Gasteiger partial charge in [-0.15, -0.1) is 0 Å². The minimum absolute atomic E-state index is 0.298. The first kappa shape index (κ1) is 8.78. The molecule has 0 saturated carbocycles. The molecule has 0 aliphatic carbocycles. The highest BCUT2D eigenvalue weighted by Crippen LogP contribution is 1.99. The second-order valence-electron chi connectivity index (χ2n) is 2.54. The summed E-state index contributed by atoms with van der Waals surface area (Å²) >= 11 is 0. The number of rotatable bonds is 3. The Morgan fingerprint density at radius 1 is 1.50 bits per heavy atom. The molecule has 0 bridgehead atoms. The molecule has 0 radical (unpaired) electrons. The lowest BCUT2D eigenvalue weighted by molar-refractivity contribution is 0.501. The van der Waals surface area contributed by atoms with E-state index in [1.807, 2.05) is 12.2 Å². The van der Waals surface area contributed by atoms with Crippen LogP contribution in [0.15, 0.2) is 33.5 Å². The fourth-order valence-corrected chi connectivity index (χ4v) is 0.861. The largest absolute Gasteiger partial charge is 0.423 e. The average Bonchev–Trinajstić information content (AvgIpc) is 2.05. The van der Waals surface area contributed by atoms with Crippen LogP contribution in [0.25, 0.3) is 6.08 Å². The van der Waals surface area contributed by atoms with Crippen molar-refractivity contribution in [2.24, 2.45) is 0 Å². The van der Waals surface area contributed by atoms with E-state index in [1.54, 1.807) is 12.1 Å². The van der Waals surface area contributed by atoms with Gasteiger partial charge in [0.1, 0.15) is 5.76 Å². The van der Waals surface area contributed by atoms with Crippen LogP contribution in [0.3, 0.4) is 0 Å². The number of hydrogen-bond donors (Lipinski definition) is 0. The lowest BCUT2D eigenvalue weighted by atomic mass is 10.3. The van der Waals surface area contributed by atoms with Gasteiger partial charge >= 0.3 is 5.63 Å². The average molecular weight is 164 g/mol. The van der Waals surface area contributed by atoms with Crippen molar-refractivity contribution >= 4 is 6.08 Å². The first-order chi connectivity index (χ1) is 5.83. The summed E-state index contributed by atoms with van der Waals surface area (Å²) in [7, 11) is 0. The third kappa shape index (κ3) is 2.74. The molecule has 1 aromatic heterocycles. The third-order valence-electron chi connectivity index (χ3n) is 1.45. The molecule has 0 aliphatic rings. The van der Waals surface area contributed by atoms with Gasteiger partial charge in [-0.1, -0.05) is 25.5 Å². The van der Waals surface area contributed by atoms with E-state index in [4.69, 9.17) is 4.42 Å². The van der Waals surface area contributed by atoms with Gasteiger partial charge in [0.25, 0.3) is 0 Å². The van der Waals surface area contributed by atoms with E-state index in [9.17, 15) is 4.79 Å². The number of unbranched alkanes of at least 4 members (excludes halogenated alkanes) is 1. The Balaban J connectivity index is 2.69. The summed E-state index contributed by atoms with van der Waals surface area (Å²) in [5, 5.41) is 0. The maximum Gasteiger partial charge on any atom is 0.336 e. The highest BCUT2D eigenvalue weighted by atomic mass is 16.4. The second-order valence-corrected chi connectivity index (χ2v) is 2.54. The Hall–Kier alpha value is -1.31. The molecule has 0 fully saturated rings. The lowest BCUT2D eigenvalue weighted by Crippen LogP contribution is -1.94. The van der Waals surface area contributed by atoms with Crippen LogP contribution in [0.1, 0.15) is 25.5 Å². The molecule has 0 saturated heterocycles. The molecule has 1 heterocycles. The molecule has 0 unspecified atom stereocenters. The van der Waals surface area contributed by atoms with Gasteiger partial charge in [-0.25, -0.2) is 4.79 Å². The van der Waals surface area contributed by atoms with Gasteiger partial charge in [0, 0.05) is 6.07 Å². The standard InChI is InChI=1S/C10H12O2/c1-2-3-4-6-9-7-5-8-10(11)12-9/h4-8H,2-3H2,1H3/b6-4-.